The molecule has 0 saturated carbocycles. The highest BCUT2D eigenvalue weighted by Crippen LogP contribution is 2.21. The number of carbonyl (C=O) groups excluding carboxylic acids is 4. The van der Waals surface area contributed by atoms with E-state index in [0.717, 1.165) is 19.4 Å². The van der Waals surface area contributed by atoms with E-state index in [1.54, 1.807) is 0 Å². The van der Waals surface area contributed by atoms with Crippen LogP contribution in [0, 0.1) is 0 Å². The minimum atomic E-state index is -1.23. The minimum Gasteiger partial charge on any atom is -0.480 e. The summed E-state index contributed by atoms with van der Waals surface area (Å²) in [6.45, 7) is 0.621. The number of carboxylic acids is 1. The number of aliphatic carboxylic acids is 1. The summed E-state index contributed by atoms with van der Waals surface area (Å²) in [6, 6.07) is -2.10. The quantitative estimate of drug-likeness (QED) is 0.291. The molecule has 0 aliphatic carbocycles. The summed E-state index contributed by atoms with van der Waals surface area (Å²) < 4.78 is 0. The number of carbonyl (C=O) groups is 5. The minimum absolute atomic E-state index is 0.0582. The normalized spacial score (nSPS) is 22.5. The maximum absolute atomic E-state index is 12.7. The molecule has 4 amide bonds. The summed E-state index contributed by atoms with van der Waals surface area (Å²) in [6.07, 6.45) is 2.57. The van der Waals surface area contributed by atoms with E-state index in [9.17, 15) is 24.0 Å². The number of nitrogens with zero attached hydrogens (tertiary/aromatic N) is 1. The Balaban J connectivity index is 2.01. The van der Waals surface area contributed by atoms with Gasteiger partial charge in [0.25, 0.3) is 0 Å². The molecule has 28 heavy (non-hydrogen) atoms. The molecule has 2 fully saturated rings. The van der Waals surface area contributed by atoms with Crippen molar-refractivity contribution in [3.63, 3.8) is 0 Å². The van der Waals surface area contributed by atoms with Gasteiger partial charge < -0.3 is 31.7 Å². The van der Waals surface area contributed by atoms with Gasteiger partial charge in [0.05, 0.1) is 6.04 Å². The Morgan fingerprint density at radius 2 is 1.93 bits per heavy atom. The number of likely N-dealkylation sites (tertiary alicyclic amines) is 1. The number of amides is 4. The molecule has 2 heterocycles. The molecule has 0 spiro atoms. The van der Waals surface area contributed by atoms with Gasteiger partial charge in [-0.2, -0.15) is 0 Å². The first kappa shape index (κ1) is 21.6. The zero-order chi connectivity index (χ0) is 20.7. The molecule has 2 aliphatic rings. The van der Waals surface area contributed by atoms with Crippen LogP contribution < -0.4 is 21.7 Å². The lowest BCUT2D eigenvalue weighted by Gasteiger charge is -2.28. The molecule has 11 heteroatoms. The molecule has 0 bridgehead atoms. The largest absolute Gasteiger partial charge is 0.480 e. The first-order valence-electron chi connectivity index (χ1n) is 9.41. The van der Waals surface area contributed by atoms with E-state index in [1.807, 2.05) is 0 Å². The van der Waals surface area contributed by atoms with E-state index in [-0.39, 0.29) is 24.8 Å². The number of nitrogens with two attached hydrogens (primary N) is 1. The van der Waals surface area contributed by atoms with Crippen molar-refractivity contribution in [1.29, 1.82) is 0 Å². The molecule has 2 aliphatic heterocycles. The second kappa shape index (κ2) is 10.0. The van der Waals surface area contributed by atoms with Gasteiger partial charge in [0.1, 0.15) is 18.6 Å². The first-order chi connectivity index (χ1) is 13.3. The van der Waals surface area contributed by atoms with E-state index < -0.39 is 42.3 Å². The summed E-state index contributed by atoms with van der Waals surface area (Å²) in [5.41, 5.74) is 5.11. The number of carboxylic acid groups (broad SMARTS) is 1. The maximum atomic E-state index is 12.7. The molecule has 6 N–H and O–H groups in total. The number of hydrogen-bond acceptors (Lipinski definition) is 6. The predicted octanol–water partition coefficient (Wildman–Crippen LogP) is -2.32. The molecule has 156 valence electrons. The van der Waals surface area contributed by atoms with Crippen molar-refractivity contribution in [3.05, 3.63) is 0 Å². The van der Waals surface area contributed by atoms with E-state index in [2.05, 4.69) is 16.0 Å². The Morgan fingerprint density at radius 3 is 2.54 bits per heavy atom. The zero-order valence-electron chi connectivity index (χ0n) is 15.6. The Kier molecular flexibility index (Phi) is 7.73. The van der Waals surface area contributed by atoms with E-state index in [1.165, 1.54) is 4.90 Å². The van der Waals surface area contributed by atoms with E-state index in [0.29, 0.717) is 19.4 Å². The third kappa shape index (κ3) is 5.91. The van der Waals surface area contributed by atoms with Crippen LogP contribution in [0.15, 0.2) is 0 Å². The predicted molar refractivity (Wildman–Crippen MR) is 96.8 cm³/mol. The highest BCUT2D eigenvalue weighted by atomic mass is 16.4. The van der Waals surface area contributed by atoms with Gasteiger partial charge in [0.15, 0.2) is 0 Å². The van der Waals surface area contributed by atoms with Gasteiger partial charge in [0.2, 0.25) is 23.6 Å². The highest BCUT2D eigenvalue weighted by molar-refractivity contribution is 5.94. The standard InChI is InChI=1S/C17H27N5O6/c18-13(23)6-5-10(15(26)20-9-14(24)25)21-16(27)12-4-2-8-22(12)17(28)11-3-1-7-19-11/h10-12,19H,1-9H2,(H2,18,23)(H,20,26)(H,21,27)(H,24,25). The Morgan fingerprint density at radius 1 is 1.18 bits per heavy atom. The molecule has 2 saturated heterocycles. The molecular weight excluding hydrogens is 370 g/mol. The first-order valence-corrected chi connectivity index (χ1v) is 9.41. The Hall–Kier alpha value is -2.69. The van der Waals surface area contributed by atoms with Crippen LogP contribution in [-0.2, 0) is 24.0 Å². The second-order valence-corrected chi connectivity index (χ2v) is 7.02. The van der Waals surface area contributed by atoms with Gasteiger partial charge in [-0.05, 0) is 38.6 Å². The molecule has 3 atom stereocenters. The summed E-state index contributed by atoms with van der Waals surface area (Å²) >= 11 is 0. The molecule has 0 aromatic carbocycles. The Bertz CT molecular complexity index is 634. The van der Waals surface area contributed by atoms with Crippen molar-refractivity contribution in [2.24, 2.45) is 5.73 Å². The van der Waals surface area contributed by atoms with Gasteiger partial charge in [-0.1, -0.05) is 0 Å². The van der Waals surface area contributed by atoms with Gasteiger partial charge in [-0.25, -0.2) is 0 Å². The zero-order valence-corrected chi connectivity index (χ0v) is 15.6. The third-order valence-corrected chi connectivity index (χ3v) is 4.92. The summed E-state index contributed by atoms with van der Waals surface area (Å²) in [7, 11) is 0. The summed E-state index contributed by atoms with van der Waals surface area (Å²) in [5.74, 6) is -3.21. The topological polar surface area (TPSA) is 171 Å². The molecular formula is C17H27N5O6. The van der Waals surface area contributed by atoms with Crippen molar-refractivity contribution >= 4 is 29.6 Å². The fraction of sp³-hybridized carbons (Fsp3) is 0.706. The van der Waals surface area contributed by atoms with Crippen LogP contribution in [0.5, 0.6) is 0 Å². The van der Waals surface area contributed by atoms with Crippen LogP contribution in [0.25, 0.3) is 0 Å². The number of nitrogens with one attached hydrogen (secondary N) is 3. The SMILES string of the molecule is NC(=O)CCC(NC(=O)C1CCCN1C(=O)C1CCCN1)C(=O)NCC(=O)O. The van der Waals surface area contributed by atoms with Crippen molar-refractivity contribution < 1.29 is 29.1 Å². The van der Waals surface area contributed by atoms with Gasteiger partial charge >= 0.3 is 5.97 Å². The van der Waals surface area contributed by atoms with Gasteiger partial charge in [-0.15, -0.1) is 0 Å². The lowest BCUT2D eigenvalue weighted by Crippen LogP contribution is -2.55. The fourth-order valence-electron chi connectivity index (χ4n) is 3.51. The van der Waals surface area contributed by atoms with E-state index in [4.69, 9.17) is 10.8 Å². The summed E-state index contributed by atoms with van der Waals surface area (Å²) in [5, 5.41) is 16.5. The summed E-state index contributed by atoms with van der Waals surface area (Å²) in [4.78, 5) is 60.8. The number of hydrogen-bond donors (Lipinski definition) is 5. The molecule has 0 aromatic heterocycles. The molecule has 0 radical (unpaired) electrons. The number of primary amides is 1. The fourth-order valence-corrected chi connectivity index (χ4v) is 3.51. The van der Waals surface area contributed by atoms with Crippen LogP contribution in [0.4, 0.5) is 0 Å². The van der Waals surface area contributed by atoms with Crippen molar-refractivity contribution in [3.8, 4) is 0 Å². The lowest BCUT2D eigenvalue weighted by atomic mass is 10.1. The average molecular weight is 397 g/mol. The smallest absolute Gasteiger partial charge is 0.322 e. The van der Waals surface area contributed by atoms with Crippen LogP contribution in [0.2, 0.25) is 0 Å². The second-order valence-electron chi connectivity index (χ2n) is 7.02. The highest BCUT2D eigenvalue weighted by Gasteiger charge is 2.38. The van der Waals surface area contributed by atoms with Crippen LogP contribution in [0.1, 0.15) is 38.5 Å². The lowest BCUT2D eigenvalue weighted by molar-refractivity contribution is -0.141. The molecule has 2 rings (SSSR count). The third-order valence-electron chi connectivity index (χ3n) is 4.92. The Labute approximate surface area is 162 Å². The molecule has 11 nitrogen and oxygen atoms in total. The van der Waals surface area contributed by atoms with Crippen LogP contribution in [-0.4, -0.2) is 77.4 Å². The molecule has 0 aromatic rings. The van der Waals surface area contributed by atoms with Gasteiger partial charge in [0, 0.05) is 13.0 Å². The van der Waals surface area contributed by atoms with Crippen molar-refractivity contribution in [1.82, 2.24) is 20.9 Å². The van der Waals surface area contributed by atoms with Crippen LogP contribution in [0.3, 0.4) is 0 Å². The van der Waals surface area contributed by atoms with Gasteiger partial charge in [-0.3, -0.25) is 24.0 Å². The van der Waals surface area contributed by atoms with Crippen molar-refractivity contribution in [2.45, 2.75) is 56.7 Å². The maximum Gasteiger partial charge on any atom is 0.322 e. The van der Waals surface area contributed by atoms with Crippen LogP contribution >= 0.6 is 0 Å². The monoisotopic (exact) mass is 397 g/mol. The average Bonchev–Trinajstić information content (AvgIpc) is 3.33. The number of rotatable bonds is 9. The van der Waals surface area contributed by atoms with Crippen molar-refractivity contribution in [2.75, 3.05) is 19.6 Å². The van der Waals surface area contributed by atoms with E-state index >= 15 is 0 Å². The molecule has 3 unspecified atom stereocenters.